The van der Waals surface area contributed by atoms with Gasteiger partial charge in [0.15, 0.2) is 5.60 Å². The second-order valence-corrected chi connectivity index (χ2v) is 4.39. The minimum atomic E-state index is -1.62. The molecule has 1 saturated heterocycles. The molecule has 1 fully saturated rings. The van der Waals surface area contributed by atoms with Crippen molar-refractivity contribution >= 4 is 11.9 Å². The number of hydrogen-bond donors (Lipinski definition) is 1. The maximum atomic E-state index is 11.7. The molecule has 1 aliphatic rings. The van der Waals surface area contributed by atoms with Gasteiger partial charge in [0.2, 0.25) is 5.91 Å². The van der Waals surface area contributed by atoms with Crippen molar-refractivity contribution in [3.8, 4) is 0 Å². The van der Waals surface area contributed by atoms with E-state index in [4.69, 9.17) is 0 Å². The third kappa shape index (κ3) is 3.20. The minimum Gasteiger partial charge on any atom is -0.467 e. The third-order valence-electron chi connectivity index (χ3n) is 2.80. The second kappa shape index (κ2) is 5.30. The maximum absolute atomic E-state index is 11.7. The molecule has 92 valence electrons. The molecule has 0 bridgehead atoms. The first-order valence-electron chi connectivity index (χ1n) is 5.56. The number of carbonyl (C=O) groups excluding carboxylic acids is 2. The van der Waals surface area contributed by atoms with Gasteiger partial charge in [-0.25, -0.2) is 4.79 Å². The Labute approximate surface area is 95.4 Å². The summed E-state index contributed by atoms with van der Waals surface area (Å²) in [6, 6.07) is 0. The number of β-amino-alcohol motifs (C(OH)–C–C–N with tert-alkyl or cyclic N) is 1. The minimum absolute atomic E-state index is 0.00155. The lowest BCUT2D eigenvalue weighted by Gasteiger charge is -2.28. The van der Waals surface area contributed by atoms with Crippen molar-refractivity contribution in [3.63, 3.8) is 0 Å². The van der Waals surface area contributed by atoms with E-state index in [-0.39, 0.29) is 12.5 Å². The molecule has 1 aliphatic heterocycles. The first kappa shape index (κ1) is 13.0. The largest absolute Gasteiger partial charge is 0.467 e. The average molecular weight is 229 g/mol. The molecule has 0 aromatic heterocycles. The molecule has 0 spiro atoms. The lowest BCUT2D eigenvalue weighted by Crippen LogP contribution is -2.49. The monoisotopic (exact) mass is 229 g/mol. The van der Waals surface area contributed by atoms with E-state index in [1.165, 1.54) is 14.0 Å². The lowest BCUT2D eigenvalue weighted by atomic mass is 10.1. The van der Waals surface area contributed by atoms with Crippen LogP contribution in [0.3, 0.4) is 0 Å². The van der Waals surface area contributed by atoms with Crippen LogP contribution in [0.1, 0.15) is 32.6 Å². The topological polar surface area (TPSA) is 66.8 Å². The number of esters is 1. The number of ether oxygens (including phenoxy) is 1. The number of rotatable bonds is 3. The van der Waals surface area contributed by atoms with Gasteiger partial charge in [-0.05, 0) is 19.8 Å². The summed E-state index contributed by atoms with van der Waals surface area (Å²) in [5.74, 6) is -0.703. The molecule has 5 heteroatoms. The normalized spacial score (nSPS) is 21.2. The number of likely N-dealkylation sites (tertiary alicyclic amines) is 1. The Morgan fingerprint density at radius 1 is 1.50 bits per heavy atom. The molecule has 1 heterocycles. The lowest BCUT2D eigenvalue weighted by molar-refractivity contribution is -0.163. The Balaban J connectivity index is 2.63. The molecule has 0 saturated carbocycles. The summed E-state index contributed by atoms with van der Waals surface area (Å²) in [5, 5.41) is 9.88. The summed E-state index contributed by atoms with van der Waals surface area (Å²) in [6.07, 6.45) is 3.32. The quantitative estimate of drug-likeness (QED) is 0.707. The highest BCUT2D eigenvalue weighted by atomic mass is 16.5. The molecule has 5 nitrogen and oxygen atoms in total. The second-order valence-electron chi connectivity index (χ2n) is 4.39. The fourth-order valence-corrected chi connectivity index (χ4v) is 1.86. The van der Waals surface area contributed by atoms with Crippen LogP contribution in [0, 0.1) is 0 Å². The third-order valence-corrected chi connectivity index (χ3v) is 2.80. The molecule has 1 N–H and O–H groups in total. The van der Waals surface area contributed by atoms with Crippen LogP contribution in [0.15, 0.2) is 0 Å². The number of hydrogen-bond acceptors (Lipinski definition) is 4. The SMILES string of the molecule is COC(=O)C(C)(O)CN1CCCCCC1=O. The van der Waals surface area contributed by atoms with E-state index >= 15 is 0 Å². The molecule has 1 rings (SSSR count). The summed E-state index contributed by atoms with van der Waals surface area (Å²) < 4.78 is 4.50. The predicted octanol–water partition coefficient (Wildman–Crippen LogP) is 0.313. The molecule has 16 heavy (non-hydrogen) atoms. The van der Waals surface area contributed by atoms with E-state index in [1.807, 2.05) is 0 Å². The number of nitrogens with zero attached hydrogens (tertiary/aromatic N) is 1. The van der Waals surface area contributed by atoms with Crippen molar-refractivity contribution in [3.05, 3.63) is 0 Å². The molecule has 0 aromatic rings. The van der Waals surface area contributed by atoms with Crippen LogP contribution in [0.2, 0.25) is 0 Å². The zero-order valence-corrected chi connectivity index (χ0v) is 9.86. The molecular formula is C11H19NO4. The van der Waals surface area contributed by atoms with E-state index in [9.17, 15) is 14.7 Å². The van der Waals surface area contributed by atoms with Crippen molar-refractivity contribution in [1.29, 1.82) is 0 Å². The van der Waals surface area contributed by atoms with Crippen LogP contribution < -0.4 is 0 Å². The highest BCUT2D eigenvalue weighted by Gasteiger charge is 2.35. The van der Waals surface area contributed by atoms with E-state index < -0.39 is 11.6 Å². The van der Waals surface area contributed by atoms with Crippen LogP contribution in [-0.4, -0.2) is 47.7 Å². The van der Waals surface area contributed by atoms with E-state index in [2.05, 4.69) is 4.74 Å². The summed E-state index contributed by atoms with van der Waals surface area (Å²) >= 11 is 0. The zero-order chi connectivity index (χ0) is 12.2. The van der Waals surface area contributed by atoms with Crippen molar-refractivity contribution in [1.82, 2.24) is 4.90 Å². The molecule has 1 atom stereocenters. The number of carbonyl (C=O) groups is 2. The van der Waals surface area contributed by atoms with Crippen molar-refractivity contribution in [2.45, 2.75) is 38.2 Å². The fourth-order valence-electron chi connectivity index (χ4n) is 1.86. The van der Waals surface area contributed by atoms with Crippen LogP contribution in [-0.2, 0) is 14.3 Å². The van der Waals surface area contributed by atoms with Gasteiger partial charge in [0.25, 0.3) is 0 Å². The van der Waals surface area contributed by atoms with Gasteiger partial charge in [-0.15, -0.1) is 0 Å². The average Bonchev–Trinajstić information content (AvgIpc) is 2.43. The molecule has 1 amide bonds. The maximum Gasteiger partial charge on any atom is 0.339 e. The Bertz CT molecular complexity index is 275. The number of methoxy groups -OCH3 is 1. The molecule has 0 aromatic carbocycles. The van der Waals surface area contributed by atoms with E-state index in [0.717, 1.165) is 19.3 Å². The fraction of sp³-hybridized carbons (Fsp3) is 0.818. The zero-order valence-electron chi connectivity index (χ0n) is 9.86. The Morgan fingerprint density at radius 3 is 2.81 bits per heavy atom. The highest BCUT2D eigenvalue weighted by Crippen LogP contribution is 2.15. The van der Waals surface area contributed by atoms with Gasteiger partial charge in [-0.2, -0.15) is 0 Å². The molecular weight excluding hydrogens is 210 g/mol. The summed E-state index contributed by atoms with van der Waals surface area (Å²) in [5.41, 5.74) is -1.62. The smallest absolute Gasteiger partial charge is 0.339 e. The first-order valence-corrected chi connectivity index (χ1v) is 5.56. The Hall–Kier alpha value is -1.10. The van der Waals surface area contributed by atoms with Gasteiger partial charge < -0.3 is 14.7 Å². The van der Waals surface area contributed by atoms with Gasteiger partial charge in [0, 0.05) is 13.0 Å². The van der Waals surface area contributed by atoms with E-state index in [1.54, 1.807) is 4.90 Å². The summed E-state index contributed by atoms with van der Waals surface area (Å²) in [6.45, 7) is 1.99. The first-order chi connectivity index (χ1) is 7.47. The standard InChI is InChI=1S/C11H19NO4/c1-11(15,10(14)16-2)8-12-7-5-3-4-6-9(12)13/h15H,3-8H2,1-2H3. The number of amides is 1. The van der Waals surface area contributed by atoms with Crippen LogP contribution in [0.25, 0.3) is 0 Å². The van der Waals surface area contributed by atoms with Crippen LogP contribution in [0.5, 0.6) is 0 Å². The van der Waals surface area contributed by atoms with Gasteiger partial charge in [0.1, 0.15) is 0 Å². The molecule has 0 aliphatic carbocycles. The van der Waals surface area contributed by atoms with Gasteiger partial charge in [-0.1, -0.05) is 6.42 Å². The highest BCUT2D eigenvalue weighted by molar-refractivity contribution is 5.81. The van der Waals surface area contributed by atoms with Crippen LogP contribution >= 0.6 is 0 Å². The van der Waals surface area contributed by atoms with E-state index in [0.29, 0.717) is 13.0 Å². The molecule has 0 radical (unpaired) electrons. The Morgan fingerprint density at radius 2 is 2.19 bits per heavy atom. The predicted molar refractivity (Wildman–Crippen MR) is 57.7 cm³/mol. The van der Waals surface area contributed by atoms with Crippen molar-refractivity contribution in [2.24, 2.45) is 0 Å². The molecule has 1 unspecified atom stereocenters. The van der Waals surface area contributed by atoms with Crippen molar-refractivity contribution in [2.75, 3.05) is 20.2 Å². The Kier molecular flexibility index (Phi) is 4.29. The van der Waals surface area contributed by atoms with Gasteiger partial charge in [-0.3, -0.25) is 4.79 Å². The van der Waals surface area contributed by atoms with Crippen LogP contribution in [0.4, 0.5) is 0 Å². The van der Waals surface area contributed by atoms with Crippen molar-refractivity contribution < 1.29 is 19.4 Å². The number of aliphatic hydroxyl groups is 1. The van der Waals surface area contributed by atoms with Gasteiger partial charge in [0.05, 0.1) is 13.7 Å². The summed E-state index contributed by atoms with van der Waals surface area (Å²) in [7, 11) is 1.22. The summed E-state index contributed by atoms with van der Waals surface area (Å²) in [4.78, 5) is 24.5. The van der Waals surface area contributed by atoms with Gasteiger partial charge >= 0.3 is 5.97 Å².